The van der Waals surface area contributed by atoms with Crippen LogP contribution in [0.1, 0.15) is 22.8 Å². The van der Waals surface area contributed by atoms with E-state index in [1.54, 1.807) is 55.5 Å². The Morgan fingerprint density at radius 2 is 1.60 bits per heavy atom. The number of hydrogen-bond acceptors (Lipinski definition) is 6. The van der Waals surface area contributed by atoms with Crippen molar-refractivity contribution in [2.45, 2.75) is 13.5 Å². The van der Waals surface area contributed by atoms with E-state index in [0.29, 0.717) is 29.2 Å². The summed E-state index contributed by atoms with van der Waals surface area (Å²) in [7, 11) is 0. The molecule has 0 aliphatic carbocycles. The monoisotopic (exact) mass is 341 g/mol. The van der Waals surface area contributed by atoms with Crippen LogP contribution in [0.3, 0.4) is 0 Å². The summed E-state index contributed by atoms with van der Waals surface area (Å²) in [4.78, 5) is 23.3. The molecule has 0 saturated heterocycles. The van der Waals surface area contributed by atoms with Crippen LogP contribution in [0.4, 0.5) is 0 Å². The number of hydrogen-bond donors (Lipinski definition) is 1. The van der Waals surface area contributed by atoms with Crippen LogP contribution < -0.4 is 15.2 Å². The second-order valence-corrected chi connectivity index (χ2v) is 5.24. The maximum atomic E-state index is 12.1. The molecule has 0 bridgehead atoms. The van der Waals surface area contributed by atoms with Crippen LogP contribution >= 0.6 is 0 Å². The summed E-state index contributed by atoms with van der Waals surface area (Å²) in [6, 6.07) is 13.3. The summed E-state index contributed by atoms with van der Waals surface area (Å²) in [5.41, 5.74) is 7.14. The van der Waals surface area contributed by atoms with Crippen LogP contribution in [0.25, 0.3) is 0 Å². The van der Waals surface area contributed by atoms with Gasteiger partial charge in [0, 0.05) is 12.1 Å². The number of benzene rings is 2. The van der Waals surface area contributed by atoms with Crippen LogP contribution in [-0.4, -0.2) is 18.7 Å². The van der Waals surface area contributed by atoms with E-state index in [0.717, 1.165) is 5.56 Å². The highest BCUT2D eigenvalue weighted by Gasteiger charge is 2.09. The molecule has 0 atom stereocenters. The van der Waals surface area contributed by atoms with Crippen LogP contribution in [0.5, 0.6) is 11.5 Å². The molecule has 0 aromatic heterocycles. The average molecular weight is 341 g/mol. The molecule has 2 N–H and O–H groups in total. The Morgan fingerprint density at radius 3 is 2.16 bits per heavy atom. The van der Waals surface area contributed by atoms with Crippen molar-refractivity contribution in [3.8, 4) is 11.5 Å². The number of carbonyl (C=O) groups excluding carboxylic acids is 2. The fourth-order valence-corrected chi connectivity index (χ4v) is 1.82. The maximum Gasteiger partial charge on any atom is 0.343 e. The van der Waals surface area contributed by atoms with Gasteiger partial charge in [-0.15, -0.1) is 0 Å². The third-order valence-electron chi connectivity index (χ3n) is 3.22. The molecule has 0 unspecified atom stereocenters. The molecule has 25 heavy (non-hydrogen) atoms. The van der Waals surface area contributed by atoms with Gasteiger partial charge in [-0.25, -0.2) is 9.59 Å². The van der Waals surface area contributed by atoms with Crippen LogP contribution in [0.2, 0.25) is 0 Å². The molecule has 130 valence electrons. The Labute approximate surface area is 145 Å². The summed E-state index contributed by atoms with van der Waals surface area (Å²) < 4.78 is 15.4. The Hall–Kier alpha value is -3.12. The van der Waals surface area contributed by atoms with Crippen molar-refractivity contribution in [1.82, 2.24) is 0 Å². The van der Waals surface area contributed by atoms with Crippen molar-refractivity contribution >= 4 is 11.9 Å². The van der Waals surface area contributed by atoms with Gasteiger partial charge in [0.15, 0.2) is 0 Å². The molecule has 0 spiro atoms. The van der Waals surface area contributed by atoms with Crippen molar-refractivity contribution < 1.29 is 23.8 Å². The molecule has 0 radical (unpaired) electrons. The van der Waals surface area contributed by atoms with E-state index in [-0.39, 0.29) is 6.79 Å². The first-order valence-corrected chi connectivity index (χ1v) is 7.56. The second-order valence-electron chi connectivity index (χ2n) is 5.24. The lowest BCUT2D eigenvalue weighted by atomic mass is 10.2. The first-order valence-electron chi connectivity index (χ1n) is 7.56. The molecule has 0 fully saturated rings. The van der Waals surface area contributed by atoms with E-state index in [1.807, 2.05) is 0 Å². The topological polar surface area (TPSA) is 87.8 Å². The molecule has 0 aliphatic heterocycles. The highest BCUT2D eigenvalue weighted by molar-refractivity contribution is 5.91. The van der Waals surface area contributed by atoms with Gasteiger partial charge in [0.05, 0.1) is 5.56 Å². The number of carbonyl (C=O) groups is 2. The normalized spacial score (nSPS) is 10.0. The predicted molar refractivity (Wildman–Crippen MR) is 92.1 cm³/mol. The largest absolute Gasteiger partial charge is 0.457 e. The molecule has 0 heterocycles. The number of nitrogens with two attached hydrogens (primary N) is 1. The van der Waals surface area contributed by atoms with E-state index in [1.165, 1.54) is 0 Å². The molecular formula is C19H19NO5. The van der Waals surface area contributed by atoms with Gasteiger partial charge in [-0.05, 0) is 48.9 Å². The highest BCUT2D eigenvalue weighted by atomic mass is 16.7. The first-order chi connectivity index (χ1) is 12.0. The molecule has 2 aromatic carbocycles. The Kier molecular flexibility index (Phi) is 6.31. The predicted octanol–water partition coefficient (Wildman–Crippen LogP) is 2.82. The molecule has 2 aromatic rings. The summed E-state index contributed by atoms with van der Waals surface area (Å²) in [6.45, 7) is 5.21. The maximum absolute atomic E-state index is 12.1. The summed E-state index contributed by atoms with van der Waals surface area (Å²) in [5.74, 6) is -0.116. The molecule has 0 aliphatic rings. The lowest BCUT2D eigenvalue weighted by molar-refractivity contribution is -0.145. The zero-order valence-corrected chi connectivity index (χ0v) is 13.9. The van der Waals surface area contributed by atoms with Gasteiger partial charge in [-0.3, -0.25) is 0 Å². The van der Waals surface area contributed by atoms with E-state index in [2.05, 4.69) is 6.58 Å². The highest BCUT2D eigenvalue weighted by Crippen LogP contribution is 2.16. The van der Waals surface area contributed by atoms with Crippen molar-refractivity contribution in [2.24, 2.45) is 5.73 Å². The summed E-state index contributed by atoms with van der Waals surface area (Å²) in [6.07, 6.45) is 0. The number of esters is 2. The van der Waals surface area contributed by atoms with Crippen molar-refractivity contribution in [3.63, 3.8) is 0 Å². The van der Waals surface area contributed by atoms with Crippen molar-refractivity contribution in [3.05, 3.63) is 71.8 Å². The van der Waals surface area contributed by atoms with Crippen LogP contribution in [0, 0.1) is 0 Å². The van der Waals surface area contributed by atoms with E-state index < -0.39 is 11.9 Å². The minimum atomic E-state index is -0.527. The van der Waals surface area contributed by atoms with E-state index >= 15 is 0 Å². The van der Waals surface area contributed by atoms with Gasteiger partial charge in [0.1, 0.15) is 11.5 Å². The van der Waals surface area contributed by atoms with Gasteiger partial charge < -0.3 is 19.9 Å². The Balaban J connectivity index is 1.88. The van der Waals surface area contributed by atoms with Gasteiger partial charge in [-0.1, -0.05) is 18.7 Å². The number of ether oxygens (including phenoxy) is 3. The summed E-state index contributed by atoms with van der Waals surface area (Å²) in [5, 5.41) is 0. The summed E-state index contributed by atoms with van der Waals surface area (Å²) >= 11 is 0. The fraction of sp³-hybridized carbons (Fsp3) is 0.158. The first kappa shape index (κ1) is 18.2. The average Bonchev–Trinajstić information content (AvgIpc) is 2.62. The molecule has 2 rings (SSSR count). The third-order valence-corrected chi connectivity index (χ3v) is 3.22. The molecule has 6 heteroatoms. The quantitative estimate of drug-likeness (QED) is 0.361. The number of rotatable bonds is 7. The van der Waals surface area contributed by atoms with Gasteiger partial charge in [0.2, 0.25) is 6.79 Å². The second kappa shape index (κ2) is 8.65. The van der Waals surface area contributed by atoms with Crippen LogP contribution in [0.15, 0.2) is 60.7 Å². The molecule has 6 nitrogen and oxygen atoms in total. The van der Waals surface area contributed by atoms with Crippen LogP contribution in [-0.2, 0) is 16.1 Å². The fourth-order valence-electron chi connectivity index (χ4n) is 1.82. The SMILES string of the molecule is C=C(C)C(=O)OCOc1ccc(C(=O)Oc2ccc(CN)cc2)cc1. The van der Waals surface area contributed by atoms with E-state index in [9.17, 15) is 9.59 Å². The Bertz CT molecular complexity index is 750. The lowest BCUT2D eigenvalue weighted by Crippen LogP contribution is -2.11. The molecule has 0 saturated carbocycles. The van der Waals surface area contributed by atoms with Crippen molar-refractivity contribution in [2.75, 3.05) is 6.79 Å². The lowest BCUT2D eigenvalue weighted by Gasteiger charge is -2.08. The van der Waals surface area contributed by atoms with Crippen molar-refractivity contribution in [1.29, 1.82) is 0 Å². The minimum absolute atomic E-state index is 0.233. The van der Waals surface area contributed by atoms with E-state index in [4.69, 9.17) is 19.9 Å². The van der Waals surface area contributed by atoms with Gasteiger partial charge in [-0.2, -0.15) is 0 Å². The zero-order chi connectivity index (χ0) is 18.2. The smallest absolute Gasteiger partial charge is 0.343 e. The Morgan fingerprint density at radius 1 is 1.00 bits per heavy atom. The minimum Gasteiger partial charge on any atom is -0.457 e. The molecular weight excluding hydrogens is 322 g/mol. The van der Waals surface area contributed by atoms with Gasteiger partial charge in [0.25, 0.3) is 0 Å². The van der Waals surface area contributed by atoms with Gasteiger partial charge >= 0.3 is 11.9 Å². The third kappa shape index (κ3) is 5.47. The zero-order valence-electron chi connectivity index (χ0n) is 13.9. The standard InChI is InChI=1S/C19H19NO5/c1-13(2)18(21)24-12-23-16-9-5-15(6-10-16)19(22)25-17-7-3-14(11-20)4-8-17/h3-10H,1,11-12,20H2,2H3. The molecule has 0 amide bonds.